The van der Waals surface area contributed by atoms with Crippen LogP contribution in [0.5, 0.6) is 0 Å². The Morgan fingerprint density at radius 1 is 0.760 bits per heavy atom. The Labute approximate surface area is 294 Å². The third-order valence-corrected chi connectivity index (χ3v) is 10.9. The zero-order valence-electron chi connectivity index (χ0n) is 28.1. The van der Waals surface area contributed by atoms with Crippen LogP contribution in [0.25, 0.3) is 34.7 Å². The molecule has 4 nitrogen and oxygen atoms in total. The average molecular weight is 654 g/mol. The maximum absolute atomic E-state index is 9.97. The van der Waals surface area contributed by atoms with Crippen LogP contribution in [0, 0.1) is 5.92 Å². The lowest BCUT2D eigenvalue weighted by Gasteiger charge is -2.30. The van der Waals surface area contributed by atoms with Crippen LogP contribution in [-0.4, -0.2) is 24.0 Å². The molecular weight excluding hydrogens is 613 g/mol. The summed E-state index contributed by atoms with van der Waals surface area (Å²) in [6, 6.07) is 48.8. The second kappa shape index (κ2) is 13.2. The van der Waals surface area contributed by atoms with Crippen LogP contribution in [0.3, 0.4) is 0 Å². The van der Waals surface area contributed by atoms with Crippen molar-refractivity contribution in [3.8, 4) is 0 Å². The number of aliphatic hydroxyl groups excluding tert-OH is 1. The van der Waals surface area contributed by atoms with Crippen LogP contribution < -0.4 is 9.47 Å². The van der Waals surface area contributed by atoms with Crippen LogP contribution in [0.1, 0.15) is 58.6 Å². The molecule has 0 radical (unpaired) electrons. The molecular formula is C46H41N2O2+. The van der Waals surface area contributed by atoms with Crippen molar-refractivity contribution in [1.29, 1.82) is 0 Å². The highest BCUT2D eigenvalue weighted by atomic mass is 16.6. The molecule has 2 aliphatic heterocycles. The predicted octanol–water partition coefficient (Wildman–Crippen LogP) is 9.64. The number of aromatic nitrogens is 1. The summed E-state index contributed by atoms with van der Waals surface area (Å²) in [7, 11) is 0. The number of fused-ring (bicyclic) bond motifs is 4. The molecule has 1 saturated carbocycles. The fourth-order valence-corrected chi connectivity index (χ4v) is 8.29. The Hall–Kier alpha value is -5.29. The van der Waals surface area contributed by atoms with Gasteiger partial charge in [0, 0.05) is 35.5 Å². The number of para-hydroxylation sites is 1. The summed E-state index contributed by atoms with van der Waals surface area (Å²) in [6.45, 7) is 1.35. The lowest BCUT2D eigenvalue weighted by atomic mass is 9.95. The van der Waals surface area contributed by atoms with E-state index in [4.69, 9.17) is 4.74 Å². The first kappa shape index (κ1) is 30.7. The van der Waals surface area contributed by atoms with Gasteiger partial charge in [0.15, 0.2) is 19.0 Å². The molecule has 1 saturated heterocycles. The summed E-state index contributed by atoms with van der Waals surface area (Å²) in [5.74, 6) is 0.695. The lowest BCUT2D eigenvalue weighted by molar-refractivity contribution is -0.685. The number of anilines is 2. The van der Waals surface area contributed by atoms with Crippen molar-refractivity contribution < 1.29 is 14.4 Å². The molecule has 1 aromatic heterocycles. The normalized spacial score (nSPS) is 20.9. The van der Waals surface area contributed by atoms with Gasteiger partial charge in [-0.05, 0) is 88.2 Å². The van der Waals surface area contributed by atoms with Gasteiger partial charge in [-0.1, -0.05) is 110 Å². The molecule has 5 aromatic carbocycles. The fourth-order valence-electron chi connectivity index (χ4n) is 8.29. The molecule has 2 fully saturated rings. The SMILES string of the molecule is OC1OCC1C[n+]1ccc(C=Cc2ccc3c(c2)C2CCCC2N3c2ccc(C=C(c3ccccc3)c3ccccc3)cc2)c2ccccc21. The van der Waals surface area contributed by atoms with Crippen molar-refractivity contribution in [2.45, 2.75) is 44.1 Å². The largest absolute Gasteiger partial charge is 0.367 e. The van der Waals surface area contributed by atoms with Crippen LogP contribution in [0.15, 0.2) is 140 Å². The number of rotatable bonds is 8. The summed E-state index contributed by atoms with van der Waals surface area (Å²) < 4.78 is 7.44. The molecule has 0 spiro atoms. The smallest absolute Gasteiger partial charge is 0.213 e. The van der Waals surface area contributed by atoms with Crippen LogP contribution >= 0.6 is 0 Å². The second-order valence-electron chi connectivity index (χ2n) is 13.9. The highest BCUT2D eigenvalue weighted by molar-refractivity contribution is 5.92. The zero-order valence-corrected chi connectivity index (χ0v) is 28.1. The molecule has 0 bridgehead atoms. The van der Waals surface area contributed by atoms with Crippen molar-refractivity contribution >= 4 is 46.1 Å². The predicted molar refractivity (Wildman–Crippen MR) is 204 cm³/mol. The molecule has 4 heteroatoms. The van der Waals surface area contributed by atoms with Crippen LogP contribution in [0.4, 0.5) is 11.4 Å². The summed E-state index contributed by atoms with van der Waals surface area (Å²) in [5, 5.41) is 11.2. The van der Waals surface area contributed by atoms with E-state index >= 15 is 0 Å². The number of hydrogen-bond donors (Lipinski definition) is 1. The second-order valence-corrected chi connectivity index (χ2v) is 13.9. The van der Waals surface area contributed by atoms with Crippen molar-refractivity contribution in [3.05, 3.63) is 173 Å². The number of benzene rings is 5. The van der Waals surface area contributed by atoms with Gasteiger partial charge in [-0.25, -0.2) is 0 Å². The van der Waals surface area contributed by atoms with E-state index in [9.17, 15) is 5.11 Å². The Morgan fingerprint density at radius 2 is 1.48 bits per heavy atom. The van der Waals surface area contributed by atoms with Crippen molar-refractivity contribution in [2.24, 2.45) is 5.92 Å². The maximum Gasteiger partial charge on any atom is 0.213 e. The van der Waals surface area contributed by atoms with Gasteiger partial charge in [-0.15, -0.1) is 0 Å². The van der Waals surface area contributed by atoms with Crippen LogP contribution in [-0.2, 0) is 11.3 Å². The Kier molecular flexibility index (Phi) is 8.12. The number of aliphatic hydroxyl groups is 1. The van der Waals surface area contributed by atoms with Gasteiger partial charge in [0.25, 0.3) is 0 Å². The maximum atomic E-state index is 9.97. The van der Waals surface area contributed by atoms with Crippen molar-refractivity contribution in [2.75, 3.05) is 11.5 Å². The third-order valence-electron chi connectivity index (χ3n) is 10.9. The van der Waals surface area contributed by atoms with E-state index in [1.165, 1.54) is 80.5 Å². The summed E-state index contributed by atoms with van der Waals surface area (Å²) in [6.07, 6.45) is 12.0. The quantitative estimate of drug-likeness (QED) is 0.131. The van der Waals surface area contributed by atoms with Gasteiger partial charge < -0.3 is 14.7 Å². The molecule has 0 amide bonds. The van der Waals surface area contributed by atoms with Crippen molar-refractivity contribution in [1.82, 2.24) is 0 Å². The fraction of sp³-hybridized carbons (Fsp3) is 0.196. The first-order valence-corrected chi connectivity index (χ1v) is 17.9. The van der Waals surface area contributed by atoms with Gasteiger partial charge in [0.1, 0.15) is 0 Å². The highest BCUT2D eigenvalue weighted by Crippen LogP contribution is 2.52. The van der Waals surface area contributed by atoms with E-state index in [-0.39, 0.29) is 5.92 Å². The van der Waals surface area contributed by atoms with Crippen LogP contribution in [0.2, 0.25) is 0 Å². The minimum atomic E-state index is -0.661. The number of hydrogen-bond acceptors (Lipinski definition) is 3. The number of ether oxygens (including phenoxy) is 1. The van der Waals surface area contributed by atoms with E-state index in [0.29, 0.717) is 18.6 Å². The molecule has 3 aliphatic rings. The topological polar surface area (TPSA) is 36.6 Å². The third kappa shape index (κ3) is 5.75. The van der Waals surface area contributed by atoms with Gasteiger partial charge in [0.05, 0.1) is 17.9 Å². The monoisotopic (exact) mass is 653 g/mol. The molecule has 4 atom stereocenters. The van der Waals surface area contributed by atoms with E-state index in [1.807, 2.05) is 0 Å². The van der Waals surface area contributed by atoms with E-state index < -0.39 is 6.29 Å². The van der Waals surface area contributed by atoms with Gasteiger partial charge in [0.2, 0.25) is 5.52 Å². The van der Waals surface area contributed by atoms with E-state index in [0.717, 1.165) is 6.54 Å². The molecule has 1 N–H and O–H groups in total. The lowest BCUT2D eigenvalue weighted by Crippen LogP contribution is -2.50. The molecule has 6 aromatic rings. The first-order valence-electron chi connectivity index (χ1n) is 17.9. The van der Waals surface area contributed by atoms with Crippen molar-refractivity contribution in [3.63, 3.8) is 0 Å². The number of pyridine rings is 1. The Bertz CT molecular complexity index is 2170. The molecule has 1 aliphatic carbocycles. The summed E-state index contributed by atoms with van der Waals surface area (Å²) in [4.78, 5) is 2.61. The van der Waals surface area contributed by atoms with Gasteiger partial charge >= 0.3 is 0 Å². The molecule has 9 rings (SSSR count). The molecule has 4 unspecified atom stereocenters. The Morgan fingerprint density at radius 3 is 2.20 bits per heavy atom. The molecule has 3 heterocycles. The van der Waals surface area contributed by atoms with Gasteiger partial charge in [-0.2, -0.15) is 4.57 Å². The molecule has 50 heavy (non-hydrogen) atoms. The zero-order chi connectivity index (χ0) is 33.4. The van der Waals surface area contributed by atoms with E-state index in [1.54, 1.807) is 0 Å². The standard InChI is InChI=1S/C46H41N2O2/c49-46-37(31-50-46)30-47-27-26-36(39-14-7-8-16-43(39)47)22-18-32-21-25-45-42(29-32)40-15-9-17-44(40)48(45)38-23-19-33(20-24-38)28-41(34-10-3-1-4-11-34)35-12-5-2-6-13-35/h1-8,10-14,16,18-29,37,40,44,46,49H,9,15,17,30-31H2/q+1. The average Bonchev–Trinajstić information content (AvgIpc) is 3.77. The first-order chi connectivity index (χ1) is 24.7. The highest BCUT2D eigenvalue weighted by Gasteiger charge is 2.42. The van der Waals surface area contributed by atoms with Gasteiger partial charge in [-0.3, -0.25) is 0 Å². The minimum absolute atomic E-state index is 0.136. The van der Waals surface area contributed by atoms with E-state index in [2.05, 4.69) is 167 Å². The number of nitrogens with zero attached hydrogens (tertiary/aromatic N) is 2. The minimum Gasteiger partial charge on any atom is -0.367 e. The molecule has 246 valence electrons. The summed E-state index contributed by atoms with van der Waals surface area (Å²) >= 11 is 0. The Balaban J connectivity index is 0.995. The summed E-state index contributed by atoms with van der Waals surface area (Å²) in [5.41, 5.74) is 12.6.